The molecule has 3 aromatic rings. The van der Waals surface area contributed by atoms with E-state index in [9.17, 15) is 18.3 Å². The zero-order valence-corrected chi connectivity index (χ0v) is 20.7. The van der Waals surface area contributed by atoms with Gasteiger partial charge in [-0.15, -0.1) is 0 Å². The molecule has 0 fully saturated rings. The van der Waals surface area contributed by atoms with Crippen molar-refractivity contribution in [1.29, 1.82) is 0 Å². The highest BCUT2D eigenvalue weighted by Gasteiger charge is 2.22. The molecule has 0 saturated carbocycles. The van der Waals surface area contributed by atoms with Gasteiger partial charge >= 0.3 is 0 Å². The number of benzene rings is 2. The van der Waals surface area contributed by atoms with E-state index in [-0.39, 0.29) is 17.6 Å². The van der Waals surface area contributed by atoms with Crippen LogP contribution in [0.25, 0.3) is 11.1 Å². The van der Waals surface area contributed by atoms with Crippen LogP contribution in [-0.2, 0) is 26.0 Å². The summed E-state index contributed by atoms with van der Waals surface area (Å²) in [5.74, 6) is 0.0599. The summed E-state index contributed by atoms with van der Waals surface area (Å²) < 4.78 is 37.9. The smallest absolute Gasteiger partial charge is 0.264 e. The van der Waals surface area contributed by atoms with Crippen LogP contribution in [0.2, 0.25) is 0 Å². The SMILES string of the molecule is COCC(=O)NS(=O)(=O)c1cccc(-c2ccc3c(c2)CC[C@@H](CNC[C@@H](O)c2cccnc2)O3)c1. The van der Waals surface area contributed by atoms with Crippen LogP contribution in [0.15, 0.2) is 71.9 Å². The van der Waals surface area contributed by atoms with E-state index in [1.165, 1.54) is 19.2 Å². The first kappa shape index (κ1) is 25.8. The number of rotatable bonds is 10. The minimum atomic E-state index is -4.00. The zero-order valence-electron chi connectivity index (χ0n) is 19.9. The molecule has 0 spiro atoms. The summed E-state index contributed by atoms with van der Waals surface area (Å²) >= 11 is 0. The Balaban J connectivity index is 1.38. The van der Waals surface area contributed by atoms with Gasteiger partial charge in [0.2, 0.25) is 0 Å². The minimum Gasteiger partial charge on any atom is -0.489 e. The second-order valence-electron chi connectivity index (χ2n) is 8.55. The fourth-order valence-electron chi connectivity index (χ4n) is 4.05. The number of hydrogen-bond donors (Lipinski definition) is 3. The Morgan fingerprint density at radius 2 is 2.03 bits per heavy atom. The van der Waals surface area contributed by atoms with Crippen molar-refractivity contribution in [3.8, 4) is 16.9 Å². The second-order valence-corrected chi connectivity index (χ2v) is 10.2. The number of nitrogens with one attached hydrogen (secondary N) is 2. The Morgan fingerprint density at radius 3 is 2.81 bits per heavy atom. The summed E-state index contributed by atoms with van der Waals surface area (Å²) in [5, 5.41) is 13.5. The van der Waals surface area contributed by atoms with Crippen LogP contribution in [0.5, 0.6) is 5.75 Å². The standard InChI is InChI=1S/C26H29N3O6S/c1-34-17-26(31)29-36(32,33)23-6-2-4-18(13-23)19-8-10-25-20(12-19)7-9-22(35-25)15-28-16-24(30)21-5-3-11-27-14-21/h2-6,8,10-14,22,24,28,30H,7,9,15-17H2,1H3,(H,29,31)/t22-,24+/m0/s1. The van der Waals surface area contributed by atoms with E-state index in [2.05, 4.69) is 15.0 Å². The molecular weight excluding hydrogens is 482 g/mol. The number of aryl methyl sites for hydroxylation is 1. The molecule has 1 aliphatic rings. The molecule has 0 radical (unpaired) electrons. The predicted molar refractivity (Wildman–Crippen MR) is 134 cm³/mol. The third-order valence-electron chi connectivity index (χ3n) is 5.87. The maximum atomic E-state index is 12.5. The number of hydrogen-bond acceptors (Lipinski definition) is 8. The normalized spacial score (nSPS) is 16.0. The molecule has 190 valence electrons. The van der Waals surface area contributed by atoms with Crippen LogP contribution in [-0.4, -0.2) is 57.3 Å². The summed E-state index contributed by atoms with van der Waals surface area (Å²) in [6, 6.07) is 15.9. The largest absolute Gasteiger partial charge is 0.489 e. The van der Waals surface area contributed by atoms with E-state index in [4.69, 9.17) is 4.74 Å². The van der Waals surface area contributed by atoms with Gasteiger partial charge in [-0.25, -0.2) is 13.1 Å². The molecule has 3 N–H and O–H groups in total. The van der Waals surface area contributed by atoms with E-state index in [0.717, 1.165) is 35.3 Å². The molecule has 0 saturated heterocycles. The highest BCUT2D eigenvalue weighted by atomic mass is 32.2. The molecule has 0 unspecified atom stereocenters. The Labute approximate surface area is 210 Å². The maximum Gasteiger partial charge on any atom is 0.264 e. The lowest BCUT2D eigenvalue weighted by molar-refractivity contribution is -0.122. The van der Waals surface area contributed by atoms with Crippen molar-refractivity contribution in [2.75, 3.05) is 26.8 Å². The highest BCUT2D eigenvalue weighted by molar-refractivity contribution is 7.90. The fourth-order valence-corrected chi connectivity index (χ4v) is 5.07. The lowest BCUT2D eigenvalue weighted by Crippen LogP contribution is -2.36. The van der Waals surface area contributed by atoms with Gasteiger partial charge in [0.15, 0.2) is 0 Å². The first-order valence-corrected chi connectivity index (χ1v) is 13.1. The van der Waals surface area contributed by atoms with Gasteiger partial charge in [0.25, 0.3) is 15.9 Å². The molecule has 1 amide bonds. The van der Waals surface area contributed by atoms with Gasteiger partial charge in [-0.3, -0.25) is 9.78 Å². The molecule has 10 heteroatoms. The van der Waals surface area contributed by atoms with Crippen LogP contribution in [0.3, 0.4) is 0 Å². The number of aliphatic hydroxyl groups excluding tert-OH is 1. The zero-order chi connectivity index (χ0) is 25.5. The number of methoxy groups -OCH3 is 1. The van der Waals surface area contributed by atoms with Crippen LogP contribution in [0.4, 0.5) is 0 Å². The van der Waals surface area contributed by atoms with Crippen molar-refractivity contribution < 1.29 is 27.8 Å². The molecule has 1 aliphatic heterocycles. The monoisotopic (exact) mass is 511 g/mol. The van der Waals surface area contributed by atoms with Gasteiger partial charge in [0.05, 0.1) is 11.0 Å². The lowest BCUT2D eigenvalue weighted by Gasteiger charge is -2.27. The van der Waals surface area contributed by atoms with Crippen molar-refractivity contribution in [2.24, 2.45) is 0 Å². The van der Waals surface area contributed by atoms with E-state index in [1.54, 1.807) is 24.5 Å². The molecule has 0 bridgehead atoms. The van der Waals surface area contributed by atoms with E-state index >= 15 is 0 Å². The average molecular weight is 512 g/mol. The van der Waals surface area contributed by atoms with Gasteiger partial charge < -0.3 is 19.9 Å². The first-order chi connectivity index (χ1) is 17.4. The Morgan fingerprint density at radius 1 is 1.19 bits per heavy atom. The third kappa shape index (κ3) is 6.46. The number of aliphatic hydroxyl groups is 1. The summed E-state index contributed by atoms with van der Waals surface area (Å²) in [5.41, 5.74) is 3.38. The number of amides is 1. The van der Waals surface area contributed by atoms with Crippen LogP contribution in [0, 0.1) is 0 Å². The lowest BCUT2D eigenvalue weighted by atomic mass is 9.97. The molecule has 36 heavy (non-hydrogen) atoms. The summed E-state index contributed by atoms with van der Waals surface area (Å²) in [7, 11) is -2.68. The molecule has 2 heterocycles. The van der Waals surface area contributed by atoms with Crippen molar-refractivity contribution >= 4 is 15.9 Å². The van der Waals surface area contributed by atoms with Crippen LogP contribution >= 0.6 is 0 Å². The van der Waals surface area contributed by atoms with Crippen LogP contribution < -0.4 is 14.8 Å². The topological polar surface area (TPSA) is 127 Å². The van der Waals surface area contributed by atoms with Crippen molar-refractivity contribution in [3.05, 3.63) is 78.1 Å². The minimum absolute atomic E-state index is 0.00182. The molecule has 2 aromatic carbocycles. The fraction of sp³-hybridized carbons (Fsp3) is 0.308. The number of pyridine rings is 1. The summed E-state index contributed by atoms with van der Waals surface area (Å²) in [6.45, 7) is 0.668. The number of sulfonamides is 1. The van der Waals surface area contributed by atoms with Gasteiger partial charge in [0.1, 0.15) is 18.5 Å². The quantitative estimate of drug-likeness (QED) is 0.378. The average Bonchev–Trinajstić information content (AvgIpc) is 2.88. The second kappa shape index (κ2) is 11.6. The maximum absolute atomic E-state index is 12.5. The van der Waals surface area contributed by atoms with Gasteiger partial charge in [0, 0.05) is 38.2 Å². The van der Waals surface area contributed by atoms with E-state index in [0.29, 0.717) is 18.7 Å². The third-order valence-corrected chi connectivity index (χ3v) is 7.24. The van der Waals surface area contributed by atoms with Crippen molar-refractivity contribution in [3.63, 3.8) is 0 Å². The number of carbonyl (C=O) groups excluding carboxylic acids is 1. The Kier molecular flexibility index (Phi) is 8.32. The summed E-state index contributed by atoms with van der Waals surface area (Å²) in [4.78, 5) is 15.7. The summed E-state index contributed by atoms with van der Waals surface area (Å²) in [6.07, 6.45) is 4.29. The Bertz CT molecular complexity index is 1300. The van der Waals surface area contributed by atoms with Crippen molar-refractivity contribution in [1.82, 2.24) is 15.0 Å². The number of aromatic nitrogens is 1. The highest BCUT2D eigenvalue weighted by Crippen LogP contribution is 2.32. The number of ether oxygens (including phenoxy) is 2. The molecular formula is C26H29N3O6S. The van der Waals surface area contributed by atoms with Gasteiger partial charge in [-0.1, -0.05) is 24.3 Å². The van der Waals surface area contributed by atoms with Gasteiger partial charge in [-0.2, -0.15) is 0 Å². The number of fused-ring (bicyclic) bond motifs is 1. The van der Waals surface area contributed by atoms with E-state index in [1.807, 2.05) is 35.1 Å². The predicted octanol–water partition coefficient (Wildman–Crippen LogP) is 2.22. The number of carbonyl (C=O) groups is 1. The Hall–Kier alpha value is -3.31. The molecule has 9 nitrogen and oxygen atoms in total. The molecule has 1 aromatic heterocycles. The van der Waals surface area contributed by atoms with Gasteiger partial charge in [-0.05, 0) is 59.9 Å². The molecule has 2 atom stereocenters. The molecule has 0 aliphatic carbocycles. The number of nitrogens with zero attached hydrogens (tertiary/aromatic N) is 1. The first-order valence-electron chi connectivity index (χ1n) is 11.6. The van der Waals surface area contributed by atoms with Crippen LogP contribution in [0.1, 0.15) is 23.7 Å². The molecule has 4 rings (SSSR count). The van der Waals surface area contributed by atoms with E-state index < -0.39 is 22.0 Å². The van der Waals surface area contributed by atoms with Crippen molar-refractivity contribution in [2.45, 2.75) is 29.9 Å².